The average molecular weight is 367 g/mol. The van der Waals surface area contributed by atoms with E-state index in [1.165, 1.54) is 9.75 Å². The molecule has 6 nitrogen and oxygen atoms in total. The quantitative estimate of drug-likeness (QED) is 0.569. The number of amides is 1. The highest BCUT2D eigenvalue weighted by Crippen LogP contribution is 2.16. The second kappa shape index (κ2) is 9.77. The van der Waals surface area contributed by atoms with Crippen LogP contribution in [0.5, 0.6) is 0 Å². The summed E-state index contributed by atoms with van der Waals surface area (Å²) in [5, 5.41) is 6.80. The molecule has 0 spiro atoms. The van der Waals surface area contributed by atoms with Gasteiger partial charge in [-0.1, -0.05) is 0 Å². The molecule has 1 aromatic heterocycles. The molecule has 25 heavy (non-hydrogen) atoms. The molecule has 0 bridgehead atoms. The fourth-order valence-corrected chi connectivity index (χ4v) is 3.63. The Hall–Kier alpha value is -1.60. The number of aliphatic imine (C=N–C) groups is 1. The van der Waals surface area contributed by atoms with Gasteiger partial charge in [-0.25, -0.2) is 4.99 Å². The summed E-state index contributed by atoms with van der Waals surface area (Å²) in [7, 11) is 3.49. The molecule has 1 aromatic rings. The van der Waals surface area contributed by atoms with Crippen molar-refractivity contribution in [2.24, 2.45) is 10.9 Å². The molecular formula is C18H30N4O2S. The Morgan fingerprint density at radius 3 is 2.88 bits per heavy atom. The van der Waals surface area contributed by atoms with Crippen LogP contribution in [0.1, 0.15) is 23.1 Å². The van der Waals surface area contributed by atoms with E-state index in [1.54, 1.807) is 19.0 Å². The molecule has 1 fully saturated rings. The van der Waals surface area contributed by atoms with Gasteiger partial charge in [-0.15, -0.1) is 11.3 Å². The third-order valence-corrected chi connectivity index (χ3v) is 5.16. The third kappa shape index (κ3) is 7.04. The number of thiophene rings is 1. The van der Waals surface area contributed by atoms with Gasteiger partial charge in [0.25, 0.3) is 0 Å². The third-order valence-electron chi connectivity index (χ3n) is 4.14. The van der Waals surface area contributed by atoms with E-state index in [0.29, 0.717) is 11.9 Å². The van der Waals surface area contributed by atoms with Crippen molar-refractivity contribution in [2.75, 3.05) is 40.4 Å². The summed E-state index contributed by atoms with van der Waals surface area (Å²) in [6.45, 7) is 6.84. The number of guanidine groups is 1. The first-order chi connectivity index (χ1) is 11.9. The Morgan fingerprint density at radius 1 is 1.48 bits per heavy atom. The molecule has 140 valence electrons. The maximum Gasteiger partial charge on any atom is 0.243 e. The van der Waals surface area contributed by atoms with Crippen LogP contribution < -0.4 is 10.6 Å². The molecule has 1 amide bonds. The highest BCUT2D eigenvalue weighted by molar-refractivity contribution is 7.11. The normalized spacial score (nSPS) is 18.9. The molecule has 2 heterocycles. The van der Waals surface area contributed by atoms with Gasteiger partial charge < -0.3 is 20.3 Å². The first kappa shape index (κ1) is 19.7. The Balaban J connectivity index is 1.91. The second-order valence-electron chi connectivity index (χ2n) is 6.83. The number of likely N-dealkylation sites (N-methyl/N-ethyl adjacent to an activating group) is 1. The summed E-state index contributed by atoms with van der Waals surface area (Å²) in [5.41, 5.74) is 0. The van der Waals surface area contributed by atoms with Crippen LogP contribution in [0.15, 0.2) is 17.1 Å². The van der Waals surface area contributed by atoms with Crippen molar-refractivity contribution in [3.05, 3.63) is 21.9 Å². The van der Waals surface area contributed by atoms with E-state index in [4.69, 9.17) is 4.74 Å². The van der Waals surface area contributed by atoms with E-state index in [0.717, 1.165) is 32.6 Å². The molecule has 0 radical (unpaired) electrons. The molecule has 0 aromatic carbocycles. The Labute approximate surface area is 154 Å². The number of rotatable bonds is 7. The molecule has 2 atom stereocenters. The SMILES string of the molecule is Cc1ccc(CC(C)NC(=NCC(=O)N(C)C)NCC2CCOC2)s1. The van der Waals surface area contributed by atoms with Crippen molar-refractivity contribution in [2.45, 2.75) is 32.7 Å². The zero-order valence-electron chi connectivity index (χ0n) is 15.7. The molecule has 0 saturated carbocycles. The summed E-state index contributed by atoms with van der Waals surface area (Å²) in [6.07, 6.45) is 2.01. The number of carbonyl (C=O) groups is 1. The number of nitrogens with zero attached hydrogens (tertiary/aromatic N) is 2. The largest absolute Gasteiger partial charge is 0.381 e. The standard InChI is InChI=1S/C18H30N4O2S/c1-13(9-16-6-5-14(2)25-16)21-18(20-11-17(23)22(3)4)19-10-15-7-8-24-12-15/h5-6,13,15H,7-12H2,1-4H3,(H2,19,20,21). The van der Waals surface area contributed by atoms with Crippen LogP contribution in [0.4, 0.5) is 0 Å². The van der Waals surface area contributed by atoms with E-state index in [9.17, 15) is 4.79 Å². The zero-order valence-corrected chi connectivity index (χ0v) is 16.5. The van der Waals surface area contributed by atoms with E-state index >= 15 is 0 Å². The maximum absolute atomic E-state index is 11.8. The smallest absolute Gasteiger partial charge is 0.243 e. The van der Waals surface area contributed by atoms with E-state index in [-0.39, 0.29) is 18.5 Å². The summed E-state index contributed by atoms with van der Waals surface area (Å²) in [6, 6.07) is 4.56. The number of nitrogens with one attached hydrogen (secondary N) is 2. The lowest BCUT2D eigenvalue weighted by Crippen LogP contribution is -2.45. The van der Waals surface area contributed by atoms with E-state index in [2.05, 4.69) is 41.6 Å². The van der Waals surface area contributed by atoms with Crippen LogP contribution in [0.3, 0.4) is 0 Å². The van der Waals surface area contributed by atoms with Crippen molar-refractivity contribution in [1.82, 2.24) is 15.5 Å². The Morgan fingerprint density at radius 2 is 2.28 bits per heavy atom. The lowest BCUT2D eigenvalue weighted by molar-refractivity contribution is -0.127. The van der Waals surface area contributed by atoms with Gasteiger partial charge in [0.05, 0.1) is 6.61 Å². The summed E-state index contributed by atoms with van der Waals surface area (Å²) >= 11 is 1.82. The van der Waals surface area contributed by atoms with Crippen molar-refractivity contribution in [3.8, 4) is 0 Å². The Kier molecular flexibility index (Phi) is 7.71. The summed E-state index contributed by atoms with van der Waals surface area (Å²) in [5.74, 6) is 1.20. The minimum atomic E-state index is -0.00756. The number of hydrogen-bond donors (Lipinski definition) is 2. The van der Waals surface area contributed by atoms with Crippen LogP contribution in [-0.4, -0.2) is 63.2 Å². The van der Waals surface area contributed by atoms with Crippen molar-refractivity contribution >= 4 is 23.2 Å². The van der Waals surface area contributed by atoms with Crippen LogP contribution >= 0.6 is 11.3 Å². The highest BCUT2D eigenvalue weighted by atomic mass is 32.1. The highest BCUT2D eigenvalue weighted by Gasteiger charge is 2.17. The Bertz CT molecular complexity index is 579. The number of hydrogen-bond acceptors (Lipinski definition) is 4. The minimum absolute atomic E-state index is 0.00756. The zero-order chi connectivity index (χ0) is 18.2. The van der Waals surface area contributed by atoms with Gasteiger partial charge in [0, 0.05) is 55.4 Å². The maximum atomic E-state index is 11.8. The number of carbonyl (C=O) groups excluding carboxylic acids is 1. The van der Waals surface area contributed by atoms with Crippen LogP contribution in [-0.2, 0) is 16.0 Å². The molecular weight excluding hydrogens is 336 g/mol. The van der Waals surface area contributed by atoms with Gasteiger partial charge in [-0.2, -0.15) is 0 Å². The molecule has 2 unspecified atom stereocenters. The molecule has 1 aliphatic heterocycles. The minimum Gasteiger partial charge on any atom is -0.381 e. The van der Waals surface area contributed by atoms with Crippen molar-refractivity contribution < 1.29 is 9.53 Å². The first-order valence-electron chi connectivity index (χ1n) is 8.82. The number of aryl methyl sites for hydroxylation is 1. The molecule has 1 aliphatic rings. The van der Waals surface area contributed by atoms with E-state index in [1.807, 2.05) is 11.3 Å². The van der Waals surface area contributed by atoms with Gasteiger partial charge in [0.15, 0.2) is 5.96 Å². The first-order valence-corrected chi connectivity index (χ1v) is 9.63. The lowest BCUT2D eigenvalue weighted by atomic mass is 10.1. The second-order valence-corrected chi connectivity index (χ2v) is 8.20. The van der Waals surface area contributed by atoms with Crippen molar-refractivity contribution in [3.63, 3.8) is 0 Å². The molecule has 1 saturated heterocycles. The molecule has 2 N–H and O–H groups in total. The predicted octanol–water partition coefficient (Wildman–Crippen LogP) is 1.65. The van der Waals surface area contributed by atoms with E-state index < -0.39 is 0 Å². The topological polar surface area (TPSA) is 66.0 Å². The number of ether oxygens (including phenoxy) is 1. The van der Waals surface area contributed by atoms with Gasteiger partial charge in [0.2, 0.25) is 5.91 Å². The molecule has 7 heteroatoms. The van der Waals surface area contributed by atoms with Gasteiger partial charge in [-0.05, 0) is 32.4 Å². The van der Waals surface area contributed by atoms with Gasteiger partial charge >= 0.3 is 0 Å². The summed E-state index contributed by atoms with van der Waals surface area (Å²) < 4.78 is 5.42. The van der Waals surface area contributed by atoms with Crippen LogP contribution in [0.2, 0.25) is 0 Å². The monoisotopic (exact) mass is 366 g/mol. The lowest BCUT2D eigenvalue weighted by Gasteiger charge is -2.19. The van der Waals surface area contributed by atoms with Crippen LogP contribution in [0.25, 0.3) is 0 Å². The fraction of sp³-hybridized carbons (Fsp3) is 0.667. The molecule has 2 rings (SSSR count). The van der Waals surface area contributed by atoms with Crippen molar-refractivity contribution in [1.29, 1.82) is 0 Å². The van der Waals surface area contributed by atoms with Gasteiger partial charge in [-0.3, -0.25) is 4.79 Å². The fourth-order valence-electron chi connectivity index (χ4n) is 2.61. The average Bonchev–Trinajstić information content (AvgIpc) is 3.21. The van der Waals surface area contributed by atoms with Gasteiger partial charge in [0.1, 0.15) is 6.54 Å². The van der Waals surface area contributed by atoms with Crippen LogP contribution in [0, 0.1) is 12.8 Å². The molecule has 0 aliphatic carbocycles. The predicted molar refractivity (Wildman–Crippen MR) is 103 cm³/mol. The summed E-state index contributed by atoms with van der Waals surface area (Å²) in [4.78, 5) is 20.5.